The first-order chi connectivity index (χ1) is 11.1. The monoisotopic (exact) mass is 318 g/mol. The van der Waals surface area contributed by atoms with Crippen LogP contribution in [0.25, 0.3) is 22.3 Å². The van der Waals surface area contributed by atoms with Crippen LogP contribution in [0.5, 0.6) is 0 Å². The lowest BCUT2D eigenvalue weighted by Crippen LogP contribution is -2.53. The van der Waals surface area contributed by atoms with Crippen molar-refractivity contribution >= 4 is 11.0 Å². The third-order valence-corrected chi connectivity index (χ3v) is 4.72. The molecule has 0 unspecified atom stereocenters. The molecule has 1 saturated carbocycles. The van der Waals surface area contributed by atoms with E-state index in [1.165, 1.54) is 6.33 Å². The lowest BCUT2D eigenvalue weighted by atomic mass is 9.68. The summed E-state index contributed by atoms with van der Waals surface area (Å²) >= 11 is 0. The normalized spacial score (nSPS) is 24.3. The first-order valence-corrected chi connectivity index (χ1v) is 7.45. The van der Waals surface area contributed by atoms with Crippen LogP contribution in [-0.2, 0) is 5.54 Å². The lowest BCUT2D eigenvalue weighted by Gasteiger charge is -2.46. The fourth-order valence-electron chi connectivity index (χ4n) is 3.35. The second-order valence-electron chi connectivity index (χ2n) is 6.07. The number of hydrogen-bond acceptors (Lipinski definition) is 4. The number of halogens is 2. The number of rotatable bonds is 4. The Morgan fingerprint density at radius 1 is 1.39 bits per heavy atom. The van der Waals surface area contributed by atoms with Gasteiger partial charge in [-0.05, 0) is 18.9 Å². The van der Waals surface area contributed by atoms with Gasteiger partial charge in [-0.25, -0.2) is 18.7 Å². The molecule has 3 aromatic heterocycles. The van der Waals surface area contributed by atoms with Gasteiger partial charge in [0.1, 0.15) is 12.0 Å². The molecule has 1 aliphatic carbocycles. The minimum Gasteiger partial charge on any atom is -0.346 e. The Morgan fingerprint density at radius 2 is 2.22 bits per heavy atom. The zero-order chi connectivity index (χ0) is 16.0. The SMILES string of the molecule is NCC1(n2cc(-c3ncnc4[nH]ccc34)cn2)CC(C(F)F)C1. The minimum atomic E-state index is -2.30. The number of fused-ring (bicyclic) bond motifs is 1. The predicted molar refractivity (Wildman–Crippen MR) is 80.9 cm³/mol. The second-order valence-corrected chi connectivity index (χ2v) is 6.07. The summed E-state index contributed by atoms with van der Waals surface area (Å²) in [6.07, 6.45) is 5.22. The van der Waals surface area contributed by atoms with Gasteiger partial charge >= 0.3 is 0 Å². The predicted octanol–water partition coefficient (Wildman–Crippen LogP) is 2.15. The van der Waals surface area contributed by atoms with E-state index in [0.29, 0.717) is 19.4 Å². The van der Waals surface area contributed by atoms with Crippen molar-refractivity contribution in [1.29, 1.82) is 0 Å². The highest BCUT2D eigenvalue weighted by molar-refractivity contribution is 5.89. The quantitative estimate of drug-likeness (QED) is 0.772. The molecule has 0 spiro atoms. The molecule has 0 saturated heterocycles. The van der Waals surface area contributed by atoms with Gasteiger partial charge in [-0.2, -0.15) is 5.10 Å². The number of nitrogens with one attached hydrogen (secondary N) is 1. The Kier molecular flexibility index (Phi) is 3.15. The van der Waals surface area contributed by atoms with Gasteiger partial charge in [0.2, 0.25) is 6.43 Å². The van der Waals surface area contributed by atoms with Crippen molar-refractivity contribution in [3.05, 3.63) is 31.0 Å². The summed E-state index contributed by atoms with van der Waals surface area (Å²) in [4.78, 5) is 11.5. The van der Waals surface area contributed by atoms with Gasteiger partial charge in [0.25, 0.3) is 0 Å². The molecule has 23 heavy (non-hydrogen) atoms. The number of alkyl halides is 2. The van der Waals surface area contributed by atoms with E-state index < -0.39 is 17.9 Å². The molecule has 0 aliphatic heterocycles. The number of nitrogens with two attached hydrogens (primary N) is 1. The summed E-state index contributed by atoms with van der Waals surface area (Å²) in [5.41, 5.74) is 7.67. The number of H-pyrrole nitrogens is 1. The molecule has 8 heteroatoms. The summed E-state index contributed by atoms with van der Waals surface area (Å²) < 4.78 is 27.3. The van der Waals surface area contributed by atoms with Crippen LogP contribution in [0.15, 0.2) is 31.0 Å². The zero-order valence-corrected chi connectivity index (χ0v) is 12.3. The molecule has 0 bridgehead atoms. The van der Waals surface area contributed by atoms with E-state index in [4.69, 9.17) is 5.73 Å². The highest BCUT2D eigenvalue weighted by Gasteiger charge is 2.49. The number of aromatic nitrogens is 5. The number of aromatic amines is 1. The van der Waals surface area contributed by atoms with E-state index in [2.05, 4.69) is 20.1 Å². The lowest BCUT2D eigenvalue weighted by molar-refractivity contribution is -0.0449. The summed E-state index contributed by atoms with van der Waals surface area (Å²) in [5, 5.41) is 5.26. The van der Waals surface area contributed by atoms with E-state index in [1.54, 1.807) is 17.1 Å². The Balaban J connectivity index is 1.68. The molecule has 3 N–H and O–H groups in total. The van der Waals surface area contributed by atoms with Crippen molar-refractivity contribution in [3.63, 3.8) is 0 Å². The molecule has 1 fully saturated rings. The van der Waals surface area contributed by atoms with Gasteiger partial charge in [-0.15, -0.1) is 0 Å². The van der Waals surface area contributed by atoms with Crippen molar-refractivity contribution in [1.82, 2.24) is 24.7 Å². The molecule has 1 aliphatic rings. The van der Waals surface area contributed by atoms with Crippen LogP contribution in [-0.4, -0.2) is 37.7 Å². The van der Waals surface area contributed by atoms with E-state index >= 15 is 0 Å². The minimum absolute atomic E-state index is 0.292. The van der Waals surface area contributed by atoms with Crippen LogP contribution in [0.1, 0.15) is 12.8 Å². The van der Waals surface area contributed by atoms with Crippen LogP contribution < -0.4 is 5.73 Å². The van der Waals surface area contributed by atoms with E-state index in [0.717, 1.165) is 22.3 Å². The maximum Gasteiger partial charge on any atom is 0.241 e. The molecule has 0 aromatic carbocycles. The van der Waals surface area contributed by atoms with Crippen molar-refractivity contribution in [2.75, 3.05) is 6.54 Å². The molecule has 6 nitrogen and oxygen atoms in total. The van der Waals surface area contributed by atoms with Crippen LogP contribution >= 0.6 is 0 Å². The van der Waals surface area contributed by atoms with E-state index in [1.807, 2.05) is 12.3 Å². The fourth-order valence-corrected chi connectivity index (χ4v) is 3.35. The second kappa shape index (κ2) is 5.09. The topological polar surface area (TPSA) is 85.4 Å². The fraction of sp³-hybridized carbons (Fsp3) is 0.400. The third-order valence-electron chi connectivity index (χ3n) is 4.72. The van der Waals surface area contributed by atoms with Crippen LogP contribution in [0.2, 0.25) is 0 Å². The Bertz CT molecular complexity index is 833. The van der Waals surface area contributed by atoms with Gasteiger partial charge < -0.3 is 10.7 Å². The molecular formula is C15H16F2N6. The summed E-state index contributed by atoms with van der Waals surface area (Å²) in [5.74, 6) is -0.596. The van der Waals surface area contributed by atoms with E-state index in [-0.39, 0.29) is 0 Å². The summed E-state index contributed by atoms with van der Waals surface area (Å²) in [6, 6.07) is 1.90. The maximum absolute atomic E-state index is 12.8. The van der Waals surface area contributed by atoms with Gasteiger partial charge in [0.15, 0.2) is 0 Å². The molecule has 120 valence electrons. The van der Waals surface area contributed by atoms with Crippen molar-refractivity contribution in [2.24, 2.45) is 11.7 Å². The maximum atomic E-state index is 12.8. The largest absolute Gasteiger partial charge is 0.346 e. The average molecular weight is 318 g/mol. The van der Waals surface area contributed by atoms with Gasteiger partial charge in [0, 0.05) is 35.8 Å². The third kappa shape index (κ3) is 2.13. The highest BCUT2D eigenvalue weighted by Crippen LogP contribution is 2.46. The Morgan fingerprint density at radius 3 is 2.96 bits per heavy atom. The first-order valence-electron chi connectivity index (χ1n) is 7.45. The molecule has 3 heterocycles. The van der Waals surface area contributed by atoms with Crippen LogP contribution in [0.4, 0.5) is 8.78 Å². The Labute approximate surface area is 130 Å². The van der Waals surface area contributed by atoms with Crippen LogP contribution in [0.3, 0.4) is 0 Å². The van der Waals surface area contributed by atoms with Gasteiger partial charge in [-0.1, -0.05) is 0 Å². The van der Waals surface area contributed by atoms with E-state index in [9.17, 15) is 8.78 Å². The van der Waals surface area contributed by atoms with Crippen molar-refractivity contribution in [3.8, 4) is 11.3 Å². The summed E-state index contributed by atoms with van der Waals surface area (Å²) in [6.45, 7) is 0.292. The molecular weight excluding hydrogens is 302 g/mol. The zero-order valence-electron chi connectivity index (χ0n) is 12.3. The standard InChI is InChI=1S/C15H16F2N6/c16-13(17)9-3-15(4-9,7-18)23-6-10(5-22-23)12-11-1-2-19-14(11)21-8-20-12/h1-2,5-6,8-9,13H,3-4,7,18H2,(H,19,20,21). The first kappa shape index (κ1) is 14.3. The highest BCUT2D eigenvalue weighted by atomic mass is 19.3. The molecule has 0 atom stereocenters. The van der Waals surface area contributed by atoms with Crippen molar-refractivity contribution in [2.45, 2.75) is 24.8 Å². The van der Waals surface area contributed by atoms with Crippen LogP contribution in [0, 0.1) is 5.92 Å². The smallest absolute Gasteiger partial charge is 0.241 e. The van der Waals surface area contributed by atoms with Crippen molar-refractivity contribution < 1.29 is 8.78 Å². The molecule has 0 amide bonds. The number of nitrogens with zero attached hydrogens (tertiary/aromatic N) is 4. The number of hydrogen-bond donors (Lipinski definition) is 2. The average Bonchev–Trinajstić information content (AvgIpc) is 3.15. The summed E-state index contributed by atoms with van der Waals surface area (Å²) in [7, 11) is 0. The molecule has 3 aromatic rings. The molecule has 4 rings (SSSR count). The van der Waals surface area contributed by atoms with Gasteiger partial charge in [-0.3, -0.25) is 4.68 Å². The van der Waals surface area contributed by atoms with Gasteiger partial charge in [0.05, 0.1) is 17.4 Å². The molecule has 0 radical (unpaired) electrons. The Hall–Kier alpha value is -2.35.